The molecule has 0 radical (unpaired) electrons. The molecule has 2 aromatic carbocycles. The molecule has 2 aromatic rings. The van der Waals surface area contributed by atoms with Gasteiger partial charge in [0.15, 0.2) is 0 Å². The van der Waals surface area contributed by atoms with Crippen LogP contribution >= 0.6 is 82.6 Å². The number of nitrogens with one attached hydrogen (secondary N) is 1. The first-order valence-electron chi connectivity index (χ1n) is 10.0. The fraction of sp³-hybridized carbons (Fsp3) is 0.364. The summed E-state index contributed by atoms with van der Waals surface area (Å²) in [5.41, 5.74) is 4.07. The van der Waals surface area contributed by atoms with Crippen LogP contribution in [0.25, 0.3) is 0 Å². The van der Waals surface area contributed by atoms with E-state index < -0.39 is 0 Å². The van der Waals surface area contributed by atoms with Crippen LogP contribution in [0.4, 0.5) is 0 Å². The Kier molecular flexibility index (Phi) is 16.9. The van der Waals surface area contributed by atoms with Crippen molar-refractivity contribution in [3.05, 3.63) is 69.7 Å². The molecule has 34 heavy (non-hydrogen) atoms. The summed E-state index contributed by atoms with van der Waals surface area (Å²) in [6.45, 7) is 1.48. The molecule has 1 heterocycles. The maximum absolute atomic E-state index is 11.7. The summed E-state index contributed by atoms with van der Waals surface area (Å²) >= 11 is 26.1. The minimum Gasteiger partial charge on any atom is -0.316 e. The van der Waals surface area contributed by atoms with Crippen LogP contribution in [0.2, 0.25) is 10.0 Å². The minimum atomic E-state index is -0.329. The van der Waals surface area contributed by atoms with Crippen molar-refractivity contribution >= 4 is 93.7 Å². The third-order valence-electron chi connectivity index (χ3n) is 4.18. The number of carbonyl (C=O) groups excluding carboxylic acids is 2. The van der Waals surface area contributed by atoms with Crippen molar-refractivity contribution in [3.8, 4) is 0 Å². The van der Waals surface area contributed by atoms with Crippen molar-refractivity contribution < 1.29 is 19.6 Å². The molecule has 0 aliphatic carbocycles. The van der Waals surface area contributed by atoms with Gasteiger partial charge in [-0.05, 0) is 59.8 Å². The lowest BCUT2D eigenvalue weighted by atomic mass is 10.2. The van der Waals surface area contributed by atoms with Gasteiger partial charge in [-0.25, -0.2) is 10.5 Å². The lowest BCUT2D eigenvalue weighted by Crippen LogP contribution is -2.41. The molecule has 0 aromatic heterocycles. The van der Waals surface area contributed by atoms with Gasteiger partial charge in [-0.2, -0.15) is 0 Å². The van der Waals surface area contributed by atoms with Crippen molar-refractivity contribution in [2.24, 2.45) is 0 Å². The fourth-order valence-electron chi connectivity index (χ4n) is 2.39. The first-order chi connectivity index (χ1) is 16.2. The maximum Gasteiger partial charge on any atom is 0.260 e. The van der Waals surface area contributed by atoms with Crippen LogP contribution in [0, 0.1) is 0 Å². The summed E-state index contributed by atoms with van der Waals surface area (Å²) in [7, 11) is 0. The molecule has 0 spiro atoms. The molecule has 3 rings (SSSR count). The summed E-state index contributed by atoms with van der Waals surface area (Å²) in [5.74, 6) is -0.0267. The number of benzene rings is 2. The molecule has 1 fully saturated rings. The molecule has 6 nitrogen and oxygen atoms in total. The van der Waals surface area contributed by atoms with E-state index in [1.54, 1.807) is 24.3 Å². The molecule has 12 heteroatoms. The van der Waals surface area contributed by atoms with Crippen molar-refractivity contribution in [1.29, 1.82) is 0 Å². The predicted octanol–water partition coefficient (Wildman–Crippen LogP) is 6.89. The van der Waals surface area contributed by atoms with E-state index in [1.165, 1.54) is 5.06 Å². The highest BCUT2D eigenvalue weighted by molar-refractivity contribution is 9.10. The van der Waals surface area contributed by atoms with Crippen molar-refractivity contribution in [1.82, 2.24) is 10.5 Å². The molecule has 2 atom stereocenters. The smallest absolute Gasteiger partial charge is 0.260 e. The number of halogens is 6. The maximum atomic E-state index is 11.7. The highest BCUT2D eigenvalue weighted by atomic mass is 79.9. The average Bonchev–Trinajstić information content (AvgIpc) is 2.81. The molecular weight excluding hydrogens is 702 g/mol. The van der Waals surface area contributed by atoms with E-state index >= 15 is 0 Å². The van der Waals surface area contributed by atoms with Crippen LogP contribution in [-0.4, -0.2) is 43.0 Å². The number of hydrogen-bond donors (Lipinski definition) is 2. The van der Waals surface area contributed by atoms with Crippen LogP contribution in [0.3, 0.4) is 0 Å². The molecule has 0 bridgehead atoms. The van der Waals surface area contributed by atoms with Crippen LogP contribution in [0.15, 0.2) is 48.5 Å². The Hall–Kier alpha value is -0.230. The Morgan fingerprint density at radius 2 is 1.65 bits per heavy atom. The van der Waals surface area contributed by atoms with Crippen molar-refractivity contribution in [2.75, 3.05) is 11.9 Å². The monoisotopic (exact) mass is 722 g/mol. The minimum absolute atomic E-state index is 0.0267. The summed E-state index contributed by atoms with van der Waals surface area (Å²) in [4.78, 5) is 26.9. The van der Waals surface area contributed by atoms with Gasteiger partial charge in [0.2, 0.25) is 5.24 Å². The zero-order valence-corrected chi connectivity index (χ0v) is 24.9. The number of hydroxylamine groups is 3. The van der Waals surface area contributed by atoms with Gasteiger partial charge in [0.25, 0.3) is 5.91 Å². The molecule has 188 valence electrons. The summed E-state index contributed by atoms with van der Waals surface area (Å²) in [6, 6.07) is 14.7. The first kappa shape index (κ1) is 31.8. The topological polar surface area (TPSA) is 78.9 Å². The Balaban J connectivity index is 0.000000277. The number of hydrogen-bond acceptors (Lipinski definition) is 5. The van der Waals surface area contributed by atoms with Gasteiger partial charge in [-0.3, -0.25) is 14.4 Å². The molecule has 2 N–H and O–H groups in total. The highest BCUT2D eigenvalue weighted by Gasteiger charge is 2.27. The number of amides is 1. The van der Waals surface area contributed by atoms with Crippen molar-refractivity contribution in [3.63, 3.8) is 0 Å². The lowest BCUT2D eigenvalue weighted by Gasteiger charge is -2.28. The number of nitrogens with zero attached hydrogens (tertiary/aromatic N) is 1. The Bertz CT molecular complexity index is 877. The zero-order valence-electron chi connectivity index (χ0n) is 17.9. The first-order valence-corrected chi connectivity index (χ1v) is 14.1. The third kappa shape index (κ3) is 13.2. The van der Waals surface area contributed by atoms with E-state index in [0.29, 0.717) is 29.7 Å². The lowest BCUT2D eigenvalue weighted by molar-refractivity contribution is -0.200. The van der Waals surface area contributed by atoms with E-state index in [1.807, 2.05) is 24.3 Å². The molecular formula is C22H24Br3Cl3N2O4. The van der Waals surface area contributed by atoms with E-state index in [9.17, 15) is 9.59 Å². The van der Waals surface area contributed by atoms with Crippen LogP contribution < -0.4 is 5.48 Å². The van der Waals surface area contributed by atoms with Gasteiger partial charge in [0.05, 0.1) is 22.8 Å². The Morgan fingerprint density at radius 1 is 1.12 bits per heavy atom. The van der Waals surface area contributed by atoms with Gasteiger partial charge in [0.1, 0.15) is 0 Å². The highest BCUT2D eigenvalue weighted by Crippen LogP contribution is 2.19. The van der Waals surface area contributed by atoms with E-state index in [4.69, 9.17) is 44.8 Å². The second-order valence-electron chi connectivity index (χ2n) is 6.80. The normalized spacial score (nSPS) is 16.0. The molecule has 1 aliphatic rings. The zero-order chi connectivity index (χ0) is 25.5. The van der Waals surface area contributed by atoms with Crippen molar-refractivity contribution in [2.45, 2.75) is 35.6 Å². The van der Waals surface area contributed by atoms with Gasteiger partial charge in [-0.1, -0.05) is 95.3 Å². The quantitative estimate of drug-likeness (QED) is 0.185. The molecule has 2 unspecified atom stereocenters. The van der Waals surface area contributed by atoms with Gasteiger partial charge < -0.3 is 5.21 Å². The standard InChI is InChI=1S/C11H11BrClNO2.C7H8ClNO.C4H5Br2ClO/c12-10-5-6-16-14(11(10)15)7-8-1-3-9(13)4-2-8;8-7-3-1-6(2-4-7)5-9-10;5-2-1-3(6)4(7)8/h1-4,10H,5-7H2;1-4,9-10H,5H2;3H,1-2H2. The summed E-state index contributed by atoms with van der Waals surface area (Å²) < 4.78 is 0. The molecule has 0 saturated carbocycles. The summed E-state index contributed by atoms with van der Waals surface area (Å²) in [6.07, 6.45) is 1.46. The van der Waals surface area contributed by atoms with E-state index in [0.717, 1.165) is 29.3 Å². The van der Waals surface area contributed by atoms with Gasteiger partial charge in [0, 0.05) is 21.9 Å². The van der Waals surface area contributed by atoms with Crippen LogP contribution in [-0.2, 0) is 27.5 Å². The molecule has 1 saturated heterocycles. The molecule has 1 aliphatic heterocycles. The average molecular weight is 727 g/mol. The second kappa shape index (κ2) is 18.1. The van der Waals surface area contributed by atoms with Gasteiger partial charge in [-0.15, -0.1) is 0 Å². The largest absolute Gasteiger partial charge is 0.316 e. The SMILES string of the molecule is O=C(Cl)C(Br)CCBr.O=C1C(Br)CCON1Cc1ccc(Cl)cc1.ONCc1ccc(Cl)cc1. The van der Waals surface area contributed by atoms with E-state index in [2.05, 4.69) is 53.3 Å². The van der Waals surface area contributed by atoms with Gasteiger partial charge >= 0.3 is 0 Å². The van der Waals surface area contributed by atoms with Crippen LogP contribution in [0.1, 0.15) is 24.0 Å². The molecule has 1 amide bonds. The third-order valence-corrected chi connectivity index (χ3v) is 7.39. The Morgan fingerprint density at radius 3 is 2.09 bits per heavy atom. The number of alkyl halides is 3. The number of rotatable bonds is 7. The predicted molar refractivity (Wildman–Crippen MR) is 147 cm³/mol. The van der Waals surface area contributed by atoms with Crippen LogP contribution in [0.5, 0.6) is 0 Å². The second-order valence-corrected chi connectivity index (χ2v) is 11.1. The Labute approximate surface area is 239 Å². The summed E-state index contributed by atoms with van der Waals surface area (Å²) in [5, 5.41) is 11.6. The van der Waals surface area contributed by atoms with E-state index in [-0.39, 0.29) is 20.8 Å². The number of carbonyl (C=O) groups is 2. The fourth-order valence-corrected chi connectivity index (χ4v) is 4.47.